The molecule has 0 amide bonds. The van der Waals surface area contributed by atoms with Crippen molar-refractivity contribution in [2.24, 2.45) is 0 Å². The standard InChI is InChI=1S/C56H44N4/c1-3-57-47-35-52-50(55(37-47)59(43-21-7-5-8-22-43)45-31-29-39-17-11-13-19-41(39)33-45)26-16-28-54(52)58(4-2)48-36-51-49(25-15-27-53(51)57)56(38-48)60(44-23-9-6-10-24-44)46-32-30-40-18-12-14-20-42(40)34-46/h5-38H,3-4H2,1-2H3. The summed E-state index contributed by atoms with van der Waals surface area (Å²) in [5.74, 6) is 0. The second kappa shape index (κ2) is 14.7. The van der Waals surface area contributed by atoms with Gasteiger partial charge >= 0.3 is 0 Å². The van der Waals surface area contributed by atoms with Crippen molar-refractivity contribution in [3.05, 3.63) is 206 Å². The van der Waals surface area contributed by atoms with Crippen molar-refractivity contribution < 1.29 is 0 Å². The third-order valence-electron chi connectivity index (χ3n) is 12.2. The highest BCUT2D eigenvalue weighted by atomic mass is 15.2. The number of para-hydroxylation sites is 2. The van der Waals surface area contributed by atoms with E-state index in [2.05, 4.69) is 239 Å². The molecule has 0 radical (unpaired) electrons. The highest BCUT2D eigenvalue weighted by molar-refractivity contribution is 6.12. The Hall–Kier alpha value is -7.56. The van der Waals surface area contributed by atoms with Crippen molar-refractivity contribution in [1.29, 1.82) is 0 Å². The van der Waals surface area contributed by atoms with Crippen LogP contribution in [0, 0.1) is 0 Å². The highest BCUT2D eigenvalue weighted by Gasteiger charge is 2.21. The fourth-order valence-electron chi connectivity index (χ4n) is 9.45. The zero-order valence-electron chi connectivity index (χ0n) is 33.8. The molecule has 0 saturated carbocycles. The van der Waals surface area contributed by atoms with Gasteiger partial charge in [-0.05, 0) is 120 Å². The molecule has 0 fully saturated rings. The molecule has 1 aromatic heterocycles. The molecule has 1 heterocycles. The van der Waals surface area contributed by atoms with Gasteiger partial charge in [-0.1, -0.05) is 121 Å². The minimum absolute atomic E-state index is 0.789. The predicted molar refractivity (Wildman–Crippen MR) is 257 cm³/mol. The van der Waals surface area contributed by atoms with Crippen LogP contribution in [0.1, 0.15) is 13.8 Å². The average Bonchev–Trinajstić information content (AvgIpc) is 3.30. The second-order valence-electron chi connectivity index (χ2n) is 15.6. The predicted octanol–water partition coefficient (Wildman–Crippen LogP) is 15.8. The lowest BCUT2D eigenvalue weighted by atomic mass is 10.0. The molecular formula is C56H44N4. The Bertz CT molecular complexity index is 3180. The number of hydrogen-bond donors (Lipinski definition) is 0. The van der Waals surface area contributed by atoms with E-state index in [-0.39, 0.29) is 0 Å². The van der Waals surface area contributed by atoms with Crippen LogP contribution in [-0.2, 0) is 13.1 Å². The van der Waals surface area contributed by atoms with Crippen LogP contribution in [0.2, 0.25) is 0 Å². The van der Waals surface area contributed by atoms with Gasteiger partial charge in [-0.3, -0.25) is 0 Å². The van der Waals surface area contributed by atoms with Crippen molar-refractivity contribution in [2.75, 3.05) is 9.80 Å². The SMILES string of the molecule is CCn1c2cc(N(c3ccccc3)c3ccc4ccccc4c3)c3cccc(c3c2)n(CC)c2cc(N(c3ccccc3)c3ccc4ccccc4c3)c3cccc1c3c2. The van der Waals surface area contributed by atoms with E-state index in [4.69, 9.17) is 0 Å². The van der Waals surface area contributed by atoms with E-state index in [0.717, 1.165) is 58.2 Å². The van der Waals surface area contributed by atoms with Crippen molar-refractivity contribution >= 4 is 99.3 Å². The largest absolute Gasteiger partial charge is 0.341 e. The van der Waals surface area contributed by atoms with E-state index in [1.165, 1.54) is 54.1 Å². The molecule has 60 heavy (non-hydrogen) atoms. The van der Waals surface area contributed by atoms with Gasteiger partial charge < -0.3 is 18.9 Å². The molecule has 4 bridgehead atoms. The first kappa shape index (κ1) is 35.6. The zero-order valence-corrected chi connectivity index (χ0v) is 33.8. The molecule has 0 saturated heterocycles. The Morgan fingerprint density at radius 1 is 0.317 bits per heavy atom. The first-order chi connectivity index (χ1) is 29.7. The first-order valence-corrected chi connectivity index (χ1v) is 21.0. The maximum absolute atomic E-state index is 2.50. The van der Waals surface area contributed by atoms with Gasteiger partial charge in [0.2, 0.25) is 0 Å². The minimum Gasteiger partial charge on any atom is -0.341 e. The normalized spacial score (nSPS) is 11.6. The van der Waals surface area contributed by atoms with Crippen LogP contribution in [0.5, 0.6) is 0 Å². The van der Waals surface area contributed by atoms with E-state index >= 15 is 0 Å². The Morgan fingerprint density at radius 3 is 1.13 bits per heavy atom. The van der Waals surface area contributed by atoms with Crippen LogP contribution in [0.3, 0.4) is 0 Å². The van der Waals surface area contributed by atoms with Crippen molar-refractivity contribution in [3.63, 3.8) is 0 Å². The second-order valence-corrected chi connectivity index (χ2v) is 15.6. The topological polar surface area (TPSA) is 16.3 Å². The summed E-state index contributed by atoms with van der Waals surface area (Å²) in [6.07, 6.45) is 0. The summed E-state index contributed by atoms with van der Waals surface area (Å²) in [6.45, 7) is 6.12. The van der Waals surface area contributed by atoms with Crippen molar-refractivity contribution in [2.45, 2.75) is 26.9 Å². The Kier molecular flexibility index (Phi) is 8.70. The van der Waals surface area contributed by atoms with Crippen LogP contribution >= 0.6 is 0 Å². The van der Waals surface area contributed by atoms with Gasteiger partial charge in [0.1, 0.15) is 0 Å². The van der Waals surface area contributed by atoms with Gasteiger partial charge in [0.05, 0.1) is 11.4 Å². The minimum atomic E-state index is 0.789. The number of fused-ring (bicyclic) bond motifs is 4. The average molecular weight is 773 g/mol. The summed E-state index contributed by atoms with van der Waals surface area (Å²) >= 11 is 0. The number of benzene rings is 10. The fraction of sp³-hybridized carbons (Fsp3) is 0.0714. The monoisotopic (exact) mass is 772 g/mol. The van der Waals surface area contributed by atoms with Crippen LogP contribution in [-0.4, -0.2) is 9.13 Å². The number of aryl methyl sites for hydroxylation is 2. The molecule has 0 aliphatic carbocycles. The maximum atomic E-state index is 2.50. The van der Waals surface area contributed by atoms with Crippen molar-refractivity contribution in [1.82, 2.24) is 9.13 Å². The fourth-order valence-corrected chi connectivity index (χ4v) is 9.45. The molecule has 11 aromatic rings. The Labute approximate surface area is 350 Å². The van der Waals surface area contributed by atoms with Gasteiger partial charge in [-0.25, -0.2) is 0 Å². The highest BCUT2D eigenvalue weighted by Crippen LogP contribution is 2.45. The molecule has 4 heteroatoms. The summed E-state index contributed by atoms with van der Waals surface area (Å²) in [5, 5.41) is 9.70. The van der Waals surface area contributed by atoms with Crippen LogP contribution in [0.15, 0.2) is 206 Å². The van der Waals surface area contributed by atoms with E-state index < -0.39 is 0 Å². The Balaban J connectivity index is 1.27. The summed E-state index contributed by atoms with van der Waals surface area (Å²) in [6, 6.07) is 75.9. The molecule has 0 unspecified atom stereocenters. The molecule has 0 atom stereocenters. The lowest BCUT2D eigenvalue weighted by Crippen LogP contribution is -2.12. The van der Waals surface area contributed by atoms with Crippen LogP contribution in [0.25, 0.3) is 65.2 Å². The quantitative estimate of drug-likeness (QED) is 0.153. The molecule has 10 aromatic carbocycles. The summed E-state index contributed by atoms with van der Waals surface area (Å²) < 4.78 is 5.01. The number of nitrogens with zero attached hydrogens (tertiary/aromatic N) is 4. The Morgan fingerprint density at radius 2 is 0.717 bits per heavy atom. The number of hydrogen-bond acceptors (Lipinski definition) is 2. The van der Waals surface area contributed by atoms with Gasteiger partial charge in [0, 0.05) is 79.5 Å². The molecule has 4 nitrogen and oxygen atoms in total. The zero-order chi connectivity index (χ0) is 40.2. The van der Waals surface area contributed by atoms with E-state index in [9.17, 15) is 0 Å². The van der Waals surface area contributed by atoms with E-state index in [1.807, 2.05) is 0 Å². The third kappa shape index (κ3) is 5.91. The van der Waals surface area contributed by atoms with Gasteiger partial charge in [-0.2, -0.15) is 0 Å². The molecule has 288 valence electrons. The van der Waals surface area contributed by atoms with Gasteiger partial charge in [-0.15, -0.1) is 0 Å². The van der Waals surface area contributed by atoms with Gasteiger partial charge in [0.25, 0.3) is 0 Å². The number of rotatable bonds is 8. The first-order valence-electron chi connectivity index (χ1n) is 21.0. The summed E-state index contributed by atoms with van der Waals surface area (Å²) in [5.41, 5.74) is 11.4. The molecule has 0 aliphatic heterocycles. The molecular weight excluding hydrogens is 729 g/mol. The van der Waals surface area contributed by atoms with Crippen LogP contribution in [0.4, 0.5) is 34.1 Å². The van der Waals surface area contributed by atoms with Crippen LogP contribution < -0.4 is 9.80 Å². The molecule has 0 spiro atoms. The lowest BCUT2D eigenvalue weighted by molar-refractivity contribution is 0.816. The maximum Gasteiger partial charge on any atom is 0.0561 e. The summed E-state index contributed by atoms with van der Waals surface area (Å²) in [4.78, 5) is 4.88. The van der Waals surface area contributed by atoms with Crippen molar-refractivity contribution in [3.8, 4) is 0 Å². The number of aromatic nitrogens is 2. The van der Waals surface area contributed by atoms with E-state index in [1.54, 1.807) is 0 Å². The molecule has 0 N–H and O–H groups in total. The van der Waals surface area contributed by atoms with Gasteiger partial charge in [0.15, 0.2) is 0 Å². The lowest BCUT2D eigenvalue weighted by Gasteiger charge is -2.29. The summed E-state index contributed by atoms with van der Waals surface area (Å²) in [7, 11) is 0. The number of anilines is 6. The molecule has 11 rings (SSSR count). The third-order valence-corrected chi connectivity index (χ3v) is 12.2. The van der Waals surface area contributed by atoms with E-state index in [0.29, 0.717) is 0 Å². The molecule has 0 aliphatic rings. The smallest absolute Gasteiger partial charge is 0.0561 e.